The highest BCUT2D eigenvalue weighted by atomic mass is 16.5. The van der Waals surface area contributed by atoms with Gasteiger partial charge in [-0.1, -0.05) is 18.2 Å². The van der Waals surface area contributed by atoms with Gasteiger partial charge in [0.05, 0.1) is 18.3 Å². The lowest BCUT2D eigenvalue weighted by Crippen LogP contribution is -2.42. The monoisotopic (exact) mass is 423 g/mol. The van der Waals surface area contributed by atoms with Crippen molar-refractivity contribution in [1.29, 1.82) is 0 Å². The van der Waals surface area contributed by atoms with Crippen molar-refractivity contribution in [2.75, 3.05) is 32.1 Å². The first kappa shape index (κ1) is 21.1. The van der Waals surface area contributed by atoms with Crippen molar-refractivity contribution in [3.63, 3.8) is 0 Å². The molecule has 3 heterocycles. The normalized spacial score (nSPS) is 18.3. The molecule has 4 rings (SSSR count). The molecule has 0 bridgehead atoms. The first-order valence-electron chi connectivity index (χ1n) is 10.9. The van der Waals surface area contributed by atoms with Crippen molar-refractivity contribution in [3.05, 3.63) is 47.4 Å². The molecule has 1 saturated heterocycles. The minimum Gasteiger partial charge on any atom is -0.484 e. The third-order valence-electron chi connectivity index (χ3n) is 5.99. The molecular formula is C23H29N5O3. The molecule has 0 radical (unpaired) electrons. The van der Waals surface area contributed by atoms with Gasteiger partial charge in [-0.3, -0.25) is 9.59 Å². The summed E-state index contributed by atoms with van der Waals surface area (Å²) in [7, 11) is 1.83. The molecule has 1 fully saturated rings. The highest BCUT2D eigenvalue weighted by Crippen LogP contribution is 2.32. The number of amides is 2. The zero-order valence-electron chi connectivity index (χ0n) is 18.1. The Hall–Kier alpha value is -3.16. The first-order chi connectivity index (χ1) is 15.1. The Kier molecular flexibility index (Phi) is 6.34. The smallest absolute Gasteiger partial charge is 0.261 e. The van der Waals surface area contributed by atoms with Gasteiger partial charge in [0.15, 0.2) is 12.4 Å². The Morgan fingerprint density at radius 1 is 1.16 bits per heavy atom. The minimum atomic E-state index is -0.163. The number of aromatic nitrogens is 2. The van der Waals surface area contributed by atoms with Crippen LogP contribution in [0, 0.1) is 0 Å². The van der Waals surface area contributed by atoms with Crippen molar-refractivity contribution in [1.82, 2.24) is 19.8 Å². The van der Waals surface area contributed by atoms with E-state index >= 15 is 0 Å². The van der Waals surface area contributed by atoms with Gasteiger partial charge < -0.3 is 19.9 Å². The number of anilines is 1. The van der Waals surface area contributed by atoms with E-state index in [2.05, 4.69) is 5.32 Å². The van der Waals surface area contributed by atoms with Crippen molar-refractivity contribution in [3.8, 4) is 5.75 Å². The Bertz CT molecular complexity index is 932. The standard InChI is InChI=1S/C23H29N5O3/c1-16(29)27-13-11-19-18(14-27)22(24-2)26-23(25-19)20-10-6-7-12-28(20)21(30)15-31-17-8-4-3-5-9-17/h3-5,8-9,20H,6-7,10-15H2,1-2H3,(H,24,25,26)/t20-/m1/s1. The second-order valence-corrected chi connectivity index (χ2v) is 8.00. The van der Waals surface area contributed by atoms with Gasteiger partial charge in [0, 0.05) is 39.0 Å². The second kappa shape index (κ2) is 9.32. The van der Waals surface area contributed by atoms with E-state index in [1.165, 1.54) is 0 Å². The molecule has 0 unspecified atom stereocenters. The molecule has 0 saturated carbocycles. The number of hydrogen-bond donors (Lipinski definition) is 1. The van der Waals surface area contributed by atoms with Crippen molar-refractivity contribution >= 4 is 17.6 Å². The number of carbonyl (C=O) groups is 2. The number of piperidine rings is 1. The number of hydrogen-bond acceptors (Lipinski definition) is 6. The van der Waals surface area contributed by atoms with E-state index in [4.69, 9.17) is 14.7 Å². The zero-order valence-corrected chi connectivity index (χ0v) is 18.1. The van der Waals surface area contributed by atoms with E-state index in [0.29, 0.717) is 37.6 Å². The summed E-state index contributed by atoms with van der Waals surface area (Å²) >= 11 is 0. The predicted molar refractivity (Wildman–Crippen MR) is 117 cm³/mol. The van der Waals surface area contributed by atoms with Crippen LogP contribution in [0.15, 0.2) is 30.3 Å². The van der Waals surface area contributed by atoms with Crippen molar-refractivity contribution in [2.45, 2.75) is 45.2 Å². The average molecular weight is 424 g/mol. The van der Waals surface area contributed by atoms with Crippen molar-refractivity contribution in [2.24, 2.45) is 0 Å². The van der Waals surface area contributed by atoms with Gasteiger partial charge in [-0.25, -0.2) is 9.97 Å². The van der Waals surface area contributed by atoms with Crippen LogP contribution in [-0.4, -0.2) is 58.3 Å². The fourth-order valence-electron chi connectivity index (χ4n) is 4.30. The molecule has 8 nitrogen and oxygen atoms in total. The lowest BCUT2D eigenvalue weighted by molar-refractivity contribution is -0.137. The zero-order chi connectivity index (χ0) is 21.8. The number of benzene rings is 1. The van der Waals surface area contributed by atoms with Gasteiger partial charge in [0.25, 0.3) is 5.91 Å². The number of ether oxygens (including phenoxy) is 1. The number of carbonyl (C=O) groups excluding carboxylic acids is 2. The van der Waals surface area contributed by atoms with Gasteiger partial charge >= 0.3 is 0 Å². The summed E-state index contributed by atoms with van der Waals surface area (Å²) in [5.74, 6) is 2.10. The van der Waals surface area contributed by atoms with Gasteiger partial charge in [0.1, 0.15) is 11.6 Å². The van der Waals surface area contributed by atoms with Gasteiger partial charge in [-0.15, -0.1) is 0 Å². The van der Waals surface area contributed by atoms with Gasteiger partial charge in [-0.2, -0.15) is 0 Å². The van der Waals surface area contributed by atoms with E-state index in [1.54, 1.807) is 6.92 Å². The molecule has 1 N–H and O–H groups in total. The maximum Gasteiger partial charge on any atom is 0.261 e. The van der Waals surface area contributed by atoms with Crippen LogP contribution in [0.3, 0.4) is 0 Å². The molecule has 2 aliphatic rings. The summed E-state index contributed by atoms with van der Waals surface area (Å²) in [6, 6.07) is 9.21. The second-order valence-electron chi connectivity index (χ2n) is 8.00. The van der Waals surface area contributed by atoms with Crippen LogP contribution in [0.5, 0.6) is 5.75 Å². The first-order valence-corrected chi connectivity index (χ1v) is 10.9. The highest BCUT2D eigenvalue weighted by molar-refractivity contribution is 5.78. The third-order valence-corrected chi connectivity index (χ3v) is 5.99. The van der Waals surface area contributed by atoms with Crippen LogP contribution in [-0.2, 0) is 22.6 Å². The van der Waals surface area contributed by atoms with Gasteiger partial charge in [-0.05, 0) is 31.4 Å². The van der Waals surface area contributed by atoms with Crippen LogP contribution in [0.1, 0.15) is 49.3 Å². The average Bonchev–Trinajstić information content (AvgIpc) is 2.82. The van der Waals surface area contributed by atoms with Crippen LogP contribution >= 0.6 is 0 Å². The fraction of sp³-hybridized carbons (Fsp3) is 0.478. The number of para-hydroxylation sites is 1. The fourth-order valence-corrected chi connectivity index (χ4v) is 4.30. The molecule has 8 heteroatoms. The summed E-state index contributed by atoms with van der Waals surface area (Å²) in [5.41, 5.74) is 1.93. The van der Waals surface area contributed by atoms with Crippen LogP contribution in [0.4, 0.5) is 5.82 Å². The van der Waals surface area contributed by atoms with E-state index in [9.17, 15) is 9.59 Å². The van der Waals surface area contributed by atoms with Crippen molar-refractivity contribution < 1.29 is 14.3 Å². The molecule has 31 heavy (non-hydrogen) atoms. The van der Waals surface area contributed by atoms with E-state index in [1.807, 2.05) is 47.2 Å². The van der Waals surface area contributed by atoms with Crippen LogP contribution < -0.4 is 10.1 Å². The van der Waals surface area contributed by atoms with Crippen LogP contribution in [0.25, 0.3) is 0 Å². The predicted octanol–water partition coefficient (Wildman–Crippen LogP) is 2.56. The Labute approximate surface area is 182 Å². The lowest BCUT2D eigenvalue weighted by atomic mass is 10.00. The van der Waals surface area contributed by atoms with E-state index < -0.39 is 0 Å². The molecule has 2 amide bonds. The molecule has 1 atom stereocenters. The quantitative estimate of drug-likeness (QED) is 0.795. The molecule has 0 spiro atoms. The largest absolute Gasteiger partial charge is 0.484 e. The van der Waals surface area contributed by atoms with Gasteiger partial charge in [0.2, 0.25) is 5.91 Å². The Balaban J connectivity index is 1.55. The van der Waals surface area contributed by atoms with E-state index in [0.717, 1.165) is 36.3 Å². The number of fused-ring (bicyclic) bond motifs is 1. The lowest BCUT2D eigenvalue weighted by Gasteiger charge is -2.36. The molecule has 0 aliphatic carbocycles. The molecule has 1 aromatic heterocycles. The van der Waals surface area contributed by atoms with Crippen LogP contribution in [0.2, 0.25) is 0 Å². The Morgan fingerprint density at radius 3 is 2.71 bits per heavy atom. The molecule has 2 aliphatic heterocycles. The molecule has 2 aromatic rings. The number of nitrogens with one attached hydrogen (secondary N) is 1. The maximum atomic E-state index is 13.0. The number of likely N-dealkylation sites (tertiary alicyclic amines) is 1. The summed E-state index contributed by atoms with van der Waals surface area (Å²) < 4.78 is 5.69. The third kappa shape index (κ3) is 4.62. The molecular weight excluding hydrogens is 394 g/mol. The summed E-state index contributed by atoms with van der Waals surface area (Å²) in [4.78, 5) is 38.1. The van der Waals surface area contributed by atoms with E-state index in [-0.39, 0.29) is 24.5 Å². The minimum absolute atomic E-state index is 0.00207. The molecule has 164 valence electrons. The Morgan fingerprint density at radius 2 is 1.97 bits per heavy atom. The molecule has 1 aromatic carbocycles. The topological polar surface area (TPSA) is 87.7 Å². The summed E-state index contributed by atoms with van der Waals surface area (Å²) in [5, 5.41) is 3.17. The number of nitrogens with zero attached hydrogens (tertiary/aromatic N) is 4. The summed E-state index contributed by atoms with van der Waals surface area (Å²) in [6.45, 7) is 3.43. The summed E-state index contributed by atoms with van der Waals surface area (Å²) in [6.07, 6.45) is 3.52. The SMILES string of the molecule is CNc1nc([C@H]2CCCCN2C(=O)COc2ccccc2)nc2c1CN(C(C)=O)CC2. The maximum absolute atomic E-state index is 13.0. The highest BCUT2D eigenvalue weighted by Gasteiger charge is 2.32. The number of rotatable bonds is 5.